The van der Waals surface area contributed by atoms with Crippen LogP contribution in [0.4, 0.5) is 0 Å². The first-order valence-electron chi connectivity index (χ1n) is 7.58. The Bertz CT molecular complexity index is 293. The van der Waals surface area contributed by atoms with Crippen LogP contribution in [0.2, 0.25) is 0 Å². The van der Waals surface area contributed by atoms with Crippen LogP contribution in [0.15, 0.2) is 0 Å². The zero-order valence-electron chi connectivity index (χ0n) is 12.4. The Morgan fingerprint density at radius 2 is 2.45 bits per heavy atom. The Morgan fingerprint density at radius 1 is 1.55 bits per heavy atom. The van der Waals surface area contributed by atoms with Crippen LogP contribution in [0.5, 0.6) is 0 Å². The maximum atomic E-state index is 12.0. The fourth-order valence-electron chi connectivity index (χ4n) is 2.76. The molecule has 6 nitrogen and oxygen atoms in total. The second kappa shape index (κ2) is 8.56. The van der Waals surface area contributed by atoms with Crippen LogP contribution in [-0.4, -0.2) is 76.5 Å². The van der Waals surface area contributed by atoms with Crippen LogP contribution in [0.25, 0.3) is 0 Å². The first-order chi connectivity index (χ1) is 9.78. The molecule has 2 N–H and O–H groups in total. The number of nitrogens with one attached hydrogen (secondary N) is 2. The summed E-state index contributed by atoms with van der Waals surface area (Å²) in [6.07, 6.45) is 2.47. The lowest BCUT2D eigenvalue weighted by atomic mass is 10.1. The Hall–Kier alpha value is -0.690. The van der Waals surface area contributed by atoms with E-state index >= 15 is 0 Å². The van der Waals surface area contributed by atoms with Gasteiger partial charge < -0.3 is 20.1 Å². The number of likely N-dealkylation sites (tertiary alicyclic amines) is 1. The molecule has 2 unspecified atom stereocenters. The maximum Gasteiger partial charge on any atom is 0.234 e. The van der Waals surface area contributed by atoms with Crippen molar-refractivity contribution in [3.8, 4) is 0 Å². The van der Waals surface area contributed by atoms with Crippen molar-refractivity contribution in [3.05, 3.63) is 0 Å². The molecule has 0 spiro atoms. The number of ether oxygens (including phenoxy) is 2. The zero-order chi connectivity index (χ0) is 14.2. The van der Waals surface area contributed by atoms with E-state index < -0.39 is 0 Å². The van der Waals surface area contributed by atoms with Gasteiger partial charge in [0.2, 0.25) is 5.91 Å². The standard InChI is InChI=1S/C14H27N3O3/c1-19-13-3-2-5-17(9-13)10-14(18)16-8-12-7-15-4-6-20-11-12/h12-13,15H,2-11H2,1H3,(H,16,18). The highest BCUT2D eigenvalue weighted by atomic mass is 16.5. The molecule has 20 heavy (non-hydrogen) atoms. The molecule has 2 fully saturated rings. The van der Waals surface area contributed by atoms with E-state index in [0.717, 1.165) is 52.2 Å². The number of carbonyl (C=O) groups excluding carboxylic acids is 1. The summed E-state index contributed by atoms with van der Waals surface area (Å²) in [5, 5.41) is 6.33. The molecule has 2 atom stereocenters. The summed E-state index contributed by atoms with van der Waals surface area (Å²) >= 11 is 0. The molecule has 2 heterocycles. The SMILES string of the molecule is COC1CCCN(CC(=O)NCC2CNCCOC2)C1. The molecular weight excluding hydrogens is 258 g/mol. The lowest BCUT2D eigenvalue weighted by molar-refractivity contribution is -0.123. The van der Waals surface area contributed by atoms with E-state index in [2.05, 4.69) is 15.5 Å². The third kappa shape index (κ3) is 5.36. The quantitative estimate of drug-likeness (QED) is 0.710. The van der Waals surface area contributed by atoms with E-state index in [4.69, 9.17) is 9.47 Å². The van der Waals surface area contributed by atoms with E-state index in [1.165, 1.54) is 0 Å². The van der Waals surface area contributed by atoms with Gasteiger partial charge in [-0.15, -0.1) is 0 Å². The molecule has 0 radical (unpaired) electrons. The van der Waals surface area contributed by atoms with Gasteiger partial charge in [0, 0.05) is 39.2 Å². The molecule has 0 aliphatic carbocycles. The fourth-order valence-corrected chi connectivity index (χ4v) is 2.76. The topological polar surface area (TPSA) is 62.8 Å². The molecule has 116 valence electrons. The van der Waals surface area contributed by atoms with E-state index in [0.29, 0.717) is 19.0 Å². The van der Waals surface area contributed by atoms with Crippen molar-refractivity contribution >= 4 is 5.91 Å². The van der Waals surface area contributed by atoms with E-state index in [-0.39, 0.29) is 12.0 Å². The maximum absolute atomic E-state index is 12.0. The number of hydrogen-bond acceptors (Lipinski definition) is 5. The van der Waals surface area contributed by atoms with Gasteiger partial charge in [0.25, 0.3) is 0 Å². The highest BCUT2D eigenvalue weighted by Crippen LogP contribution is 2.11. The van der Waals surface area contributed by atoms with Crippen molar-refractivity contribution in [3.63, 3.8) is 0 Å². The van der Waals surface area contributed by atoms with E-state index in [9.17, 15) is 4.79 Å². The third-order valence-electron chi connectivity index (χ3n) is 3.96. The molecule has 2 rings (SSSR count). The number of methoxy groups -OCH3 is 1. The van der Waals surface area contributed by atoms with Crippen molar-refractivity contribution in [2.45, 2.75) is 18.9 Å². The first kappa shape index (κ1) is 15.7. The van der Waals surface area contributed by atoms with Gasteiger partial charge in [0.05, 0.1) is 25.9 Å². The van der Waals surface area contributed by atoms with Gasteiger partial charge in [-0.1, -0.05) is 0 Å². The van der Waals surface area contributed by atoms with Crippen LogP contribution in [0.1, 0.15) is 12.8 Å². The van der Waals surface area contributed by atoms with Gasteiger partial charge in [0.1, 0.15) is 0 Å². The van der Waals surface area contributed by atoms with E-state index in [1.807, 2.05) is 0 Å². The molecule has 0 bridgehead atoms. The van der Waals surface area contributed by atoms with Crippen molar-refractivity contribution in [1.29, 1.82) is 0 Å². The van der Waals surface area contributed by atoms with Crippen LogP contribution in [0, 0.1) is 5.92 Å². The third-order valence-corrected chi connectivity index (χ3v) is 3.96. The number of rotatable bonds is 5. The predicted molar refractivity (Wildman–Crippen MR) is 76.7 cm³/mol. The Balaban J connectivity index is 1.64. The minimum atomic E-state index is 0.103. The second-order valence-corrected chi connectivity index (χ2v) is 5.68. The highest BCUT2D eigenvalue weighted by Gasteiger charge is 2.21. The summed E-state index contributed by atoms with van der Waals surface area (Å²) in [4.78, 5) is 14.2. The largest absolute Gasteiger partial charge is 0.380 e. The van der Waals surface area contributed by atoms with Gasteiger partial charge in [-0.3, -0.25) is 9.69 Å². The Labute approximate surface area is 121 Å². The van der Waals surface area contributed by atoms with Gasteiger partial charge in [-0.25, -0.2) is 0 Å². The Morgan fingerprint density at radius 3 is 3.30 bits per heavy atom. The first-order valence-corrected chi connectivity index (χ1v) is 7.58. The van der Waals surface area contributed by atoms with Crippen LogP contribution < -0.4 is 10.6 Å². The van der Waals surface area contributed by atoms with Crippen molar-refractivity contribution in [2.75, 3.05) is 59.6 Å². The van der Waals surface area contributed by atoms with Crippen LogP contribution in [-0.2, 0) is 14.3 Å². The number of amides is 1. The average Bonchev–Trinajstić information content (AvgIpc) is 2.74. The monoisotopic (exact) mass is 285 g/mol. The smallest absolute Gasteiger partial charge is 0.234 e. The lowest BCUT2D eigenvalue weighted by Gasteiger charge is -2.31. The molecule has 0 saturated carbocycles. The molecule has 2 saturated heterocycles. The van der Waals surface area contributed by atoms with Crippen molar-refractivity contribution in [1.82, 2.24) is 15.5 Å². The molecule has 0 aromatic rings. The van der Waals surface area contributed by atoms with Gasteiger partial charge in [0.15, 0.2) is 0 Å². The number of hydrogen-bond donors (Lipinski definition) is 2. The van der Waals surface area contributed by atoms with Crippen molar-refractivity contribution in [2.24, 2.45) is 5.92 Å². The summed E-state index contributed by atoms with van der Waals surface area (Å²) < 4.78 is 10.9. The zero-order valence-corrected chi connectivity index (χ0v) is 12.4. The predicted octanol–water partition coefficient (Wildman–Crippen LogP) is -0.551. The molecule has 6 heteroatoms. The van der Waals surface area contributed by atoms with Crippen LogP contribution in [0.3, 0.4) is 0 Å². The molecule has 0 aromatic carbocycles. The molecule has 1 amide bonds. The molecular formula is C14H27N3O3. The fraction of sp³-hybridized carbons (Fsp3) is 0.929. The minimum absolute atomic E-state index is 0.103. The number of carbonyl (C=O) groups is 1. The van der Waals surface area contributed by atoms with Crippen LogP contribution >= 0.6 is 0 Å². The molecule has 0 aromatic heterocycles. The highest BCUT2D eigenvalue weighted by molar-refractivity contribution is 5.78. The average molecular weight is 285 g/mol. The van der Waals surface area contributed by atoms with E-state index in [1.54, 1.807) is 7.11 Å². The number of nitrogens with zero attached hydrogens (tertiary/aromatic N) is 1. The lowest BCUT2D eigenvalue weighted by Crippen LogP contribution is -2.46. The summed E-state index contributed by atoms with van der Waals surface area (Å²) in [6.45, 7) is 6.30. The molecule has 2 aliphatic heterocycles. The van der Waals surface area contributed by atoms with Crippen molar-refractivity contribution < 1.29 is 14.3 Å². The van der Waals surface area contributed by atoms with Gasteiger partial charge >= 0.3 is 0 Å². The molecule has 2 aliphatic rings. The summed E-state index contributed by atoms with van der Waals surface area (Å²) in [7, 11) is 1.74. The Kier molecular flexibility index (Phi) is 6.72. The van der Waals surface area contributed by atoms with Gasteiger partial charge in [-0.2, -0.15) is 0 Å². The summed E-state index contributed by atoms with van der Waals surface area (Å²) in [5.41, 5.74) is 0. The summed E-state index contributed by atoms with van der Waals surface area (Å²) in [5.74, 6) is 0.473. The summed E-state index contributed by atoms with van der Waals surface area (Å²) in [6, 6.07) is 0. The number of piperidine rings is 1. The second-order valence-electron chi connectivity index (χ2n) is 5.68. The van der Waals surface area contributed by atoms with Gasteiger partial charge in [-0.05, 0) is 19.4 Å². The normalized spacial score (nSPS) is 28.9. The minimum Gasteiger partial charge on any atom is -0.380 e.